The lowest BCUT2D eigenvalue weighted by molar-refractivity contribution is 0.892. The van der Waals surface area contributed by atoms with E-state index in [-0.39, 0.29) is 0 Å². The molecule has 0 aliphatic heterocycles. The molecule has 1 N–H and O–H groups in total. The third-order valence-corrected chi connectivity index (χ3v) is 3.84. The van der Waals surface area contributed by atoms with Gasteiger partial charge in [-0.15, -0.1) is 0 Å². The summed E-state index contributed by atoms with van der Waals surface area (Å²) in [4.78, 5) is 0. The molecule has 0 saturated carbocycles. The van der Waals surface area contributed by atoms with Gasteiger partial charge in [0.15, 0.2) is 0 Å². The van der Waals surface area contributed by atoms with Crippen molar-refractivity contribution in [2.75, 3.05) is 12.4 Å². The molecule has 92 valence electrons. The summed E-state index contributed by atoms with van der Waals surface area (Å²) >= 11 is 0. The Hall–Kier alpha value is -1.44. The SMILES string of the molecule is CCc1c(C)n(C)c2c(CC)ccc(NC)c12. The summed E-state index contributed by atoms with van der Waals surface area (Å²) in [7, 11) is 4.18. The Balaban J connectivity index is 2.95. The van der Waals surface area contributed by atoms with Crippen LogP contribution in [0.25, 0.3) is 10.9 Å². The summed E-state index contributed by atoms with van der Waals surface area (Å²) in [5.41, 5.74) is 6.94. The number of rotatable bonds is 3. The Morgan fingerprint density at radius 2 is 1.88 bits per heavy atom. The lowest BCUT2D eigenvalue weighted by Gasteiger charge is -2.09. The number of hydrogen-bond donors (Lipinski definition) is 1. The Labute approximate surface area is 104 Å². The first-order chi connectivity index (χ1) is 8.15. The zero-order chi connectivity index (χ0) is 12.6. The minimum absolute atomic E-state index is 1.08. The van der Waals surface area contributed by atoms with Gasteiger partial charge >= 0.3 is 0 Å². The lowest BCUT2D eigenvalue weighted by atomic mass is 10.0. The monoisotopic (exact) mass is 230 g/mol. The van der Waals surface area contributed by atoms with Crippen LogP contribution in [0.5, 0.6) is 0 Å². The molecule has 2 nitrogen and oxygen atoms in total. The minimum Gasteiger partial charge on any atom is -0.388 e. The second kappa shape index (κ2) is 4.44. The molecule has 0 spiro atoms. The number of fused-ring (bicyclic) bond motifs is 1. The van der Waals surface area contributed by atoms with Crippen LogP contribution in [0.2, 0.25) is 0 Å². The maximum atomic E-state index is 3.32. The number of nitrogens with zero attached hydrogens (tertiary/aromatic N) is 1. The van der Waals surface area contributed by atoms with Crippen molar-refractivity contribution in [3.05, 3.63) is 29.0 Å². The Bertz CT molecular complexity index is 550. The third kappa shape index (κ3) is 1.63. The number of hydrogen-bond acceptors (Lipinski definition) is 1. The van der Waals surface area contributed by atoms with Gasteiger partial charge in [-0.3, -0.25) is 0 Å². The average molecular weight is 230 g/mol. The van der Waals surface area contributed by atoms with Crippen molar-refractivity contribution in [1.82, 2.24) is 4.57 Å². The smallest absolute Gasteiger partial charge is 0.0536 e. The van der Waals surface area contributed by atoms with Crippen molar-refractivity contribution in [1.29, 1.82) is 0 Å². The largest absolute Gasteiger partial charge is 0.388 e. The van der Waals surface area contributed by atoms with Gasteiger partial charge in [0.25, 0.3) is 0 Å². The topological polar surface area (TPSA) is 17.0 Å². The van der Waals surface area contributed by atoms with Gasteiger partial charge < -0.3 is 9.88 Å². The predicted octanol–water partition coefficient (Wildman–Crippen LogP) is 3.65. The molecule has 0 radical (unpaired) electrons. The van der Waals surface area contributed by atoms with E-state index in [1.165, 1.54) is 33.4 Å². The fourth-order valence-corrected chi connectivity index (χ4v) is 2.80. The van der Waals surface area contributed by atoms with E-state index in [2.05, 4.69) is 49.8 Å². The molecular formula is C15H22N2. The van der Waals surface area contributed by atoms with E-state index in [0.717, 1.165) is 12.8 Å². The molecule has 2 aromatic rings. The van der Waals surface area contributed by atoms with Crippen molar-refractivity contribution in [3.63, 3.8) is 0 Å². The molecule has 1 aromatic carbocycles. The predicted molar refractivity (Wildman–Crippen MR) is 76.0 cm³/mol. The van der Waals surface area contributed by atoms with Crippen LogP contribution in [-0.2, 0) is 19.9 Å². The first-order valence-electron chi connectivity index (χ1n) is 6.43. The van der Waals surface area contributed by atoms with E-state index >= 15 is 0 Å². The Kier molecular flexibility index (Phi) is 3.14. The maximum absolute atomic E-state index is 3.32. The number of aryl methyl sites for hydroxylation is 3. The Morgan fingerprint density at radius 1 is 1.18 bits per heavy atom. The van der Waals surface area contributed by atoms with Crippen LogP contribution in [0, 0.1) is 6.92 Å². The fraction of sp³-hybridized carbons (Fsp3) is 0.467. The van der Waals surface area contributed by atoms with Crippen LogP contribution in [0.15, 0.2) is 12.1 Å². The number of nitrogens with one attached hydrogen (secondary N) is 1. The van der Waals surface area contributed by atoms with Gasteiger partial charge in [0.2, 0.25) is 0 Å². The lowest BCUT2D eigenvalue weighted by Crippen LogP contribution is -1.95. The van der Waals surface area contributed by atoms with Gasteiger partial charge in [-0.2, -0.15) is 0 Å². The first-order valence-corrected chi connectivity index (χ1v) is 6.43. The molecule has 1 aromatic heterocycles. The molecule has 0 bridgehead atoms. The molecule has 0 unspecified atom stereocenters. The minimum atomic E-state index is 1.08. The summed E-state index contributed by atoms with van der Waals surface area (Å²) < 4.78 is 2.34. The molecule has 0 aliphatic carbocycles. The zero-order valence-corrected chi connectivity index (χ0v) is 11.5. The molecule has 2 heteroatoms. The van der Waals surface area contributed by atoms with Gasteiger partial charge in [0, 0.05) is 30.9 Å². The van der Waals surface area contributed by atoms with Gasteiger partial charge in [-0.1, -0.05) is 19.9 Å². The van der Waals surface area contributed by atoms with Crippen molar-refractivity contribution < 1.29 is 0 Å². The van der Waals surface area contributed by atoms with E-state index in [9.17, 15) is 0 Å². The molecule has 2 rings (SSSR count). The Morgan fingerprint density at radius 3 is 2.41 bits per heavy atom. The average Bonchev–Trinajstić information content (AvgIpc) is 2.61. The van der Waals surface area contributed by atoms with Gasteiger partial charge in [-0.25, -0.2) is 0 Å². The number of benzene rings is 1. The van der Waals surface area contributed by atoms with E-state index in [4.69, 9.17) is 0 Å². The summed E-state index contributed by atoms with van der Waals surface area (Å²) in [5.74, 6) is 0. The maximum Gasteiger partial charge on any atom is 0.0536 e. The molecule has 17 heavy (non-hydrogen) atoms. The van der Waals surface area contributed by atoms with Crippen LogP contribution in [0.3, 0.4) is 0 Å². The normalized spacial score (nSPS) is 11.1. The molecule has 0 atom stereocenters. The quantitative estimate of drug-likeness (QED) is 0.851. The van der Waals surface area contributed by atoms with Crippen molar-refractivity contribution >= 4 is 16.6 Å². The summed E-state index contributed by atoms with van der Waals surface area (Å²) in [6.45, 7) is 6.68. The molecular weight excluding hydrogens is 208 g/mol. The summed E-state index contributed by atoms with van der Waals surface area (Å²) in [6, 6.07) is 4.45. The second-order valence-corrected chi connectivity index (χ2v) is 4.58. The molecule has 1 heterocycles. The van der Waals surface area contributed by atoms with Crippen molar-refractivity contribution in [3.8, 4) is 0 Å². The molecule has 0 aliphatic rings. The highest BCUT2D eigenvalue weighted by molar-refractivity contribution is 5.98. The highest BCUT2D eigenvalue weighted by atomic mass is 15.0. The molecule has 0 saturated heterocycles. The number of aromatic nitrogens is 1. The second-order valence-electron chi connectivity index (χ2n) is 4.58. The van der Waals surface area contributed by atoms with Crippen LogP contribution >= 0.6 is 0 Å². The van der Waals surface area contributed by atoms with Crippen molar-refractivity contribution in [2.24, 2.45) is 7.05 Å². The van der Waals surface area contributed by atoms with Crippen LogP contribution in [0.4, 0.5) is 5.69 Å². The summed E-state index contributed by atoms with van der Waals surface area (Å²) in [5, 5.41) is 4.73. The van der Waals surface area contributed by atoms with Gasteiger partial charge in [-0.05, 0) is 37.0 Å². The highest BCUT2D eigenvalue weighted by Crippen LogP contribution is 2.34. The van der Waals surface area contributed by atoms with Crippen LogP contribution < -0.4 is 5.32 Å². The molecule has 0 fully saturated rings. The van der Waals surface area contributed by atoms with E-state index in [1.54, 1.807) is 0 Å². The third-order valence-electron chi connectivity index (χ3n) is 3.84. The van der Waals surface area contributed by atoms with Gasteiger partial charge in [0.1, 0.15) is 0 Å². The van der Waals surface area contributed by atoms with Gasteiger partial charge in [0.05, 0.1) is 5.52 Å². The summed E-state index contributed by atoms with van der Waals surface area (Å²) in [6.07, 6.45) is 2.17. The van der Waals surface area contributed by atoms with Crippen molar-refractivity contribution in [2.45, 2.75) is 33.6 Å². The zero-order valence-electron chi connectivity index (χ0n) is 11.5. The number of anilines is 1. The van der Waals surface area contributed by atoms with E-state index in [1.807, 2.05) is 7.05 Å². The van der Waals surface area contributed by atoms with Crippen LogP contribution in [0.1, 0.15) is 30.7 Å². The first kappa shape index (κ1) is 12.0. The highest BCUT2D eigenvalue weighted by Gasteiger charge is 2.15. The van der Waals surface area contributed by atoms with E-state index in [0.29, 0.717) is 0 Å². The standard InChI is InChI=1S/C15H22N2/c1-6-11-8-9-13(16-4)14-12(7-2)10(3)17(5)15(11)14/h8-9,16H,6-7H2,1-5H3. The fourth-order valence-electron chi connectivity index (χ4n) is 2.80. The van der Waals surface area contributed by atoms with Crippen LogP contribution in [-0.4, -0.2) is 11.6 Å². The molecule has 0 amide bonds. The van der Waals surface area contributed by atoms with E-state index < -0.39 is 0 Å².